The highest BCUT2D eigenvalue weighted by Gasteiger charge is 2.28. The molecule has 0 saturated heterocycles. The van der Waals surface area contributed by atoms with Crippen molar-refractivity contribution in [3.8, 4) is 0 Å². The number of carboxylic acid groups (broad SMARTS) is 1. The number of amides is 1. The van der Waals surface area contributed by atoms with Gasteiger partial charge in [0.1, 0.15) is 0 Å². The molecule has 0 aromatic heterocycles. The Kier molecular flexibility index (Phi) is 5.61. The van der Waals surface area contributed by atoms with Crippen LogP contribution in [-0.2, 0) is 14.8 Å². The van der Waals surface area contributed by atoms with E-state index in [1.165, 1.54) is 12.1 Å². The summed E-state index contributed by atoms with van der Waals surface area (Å²) in [6.45, 7) is 3.44. The molecule has 0 radical (unpaired) electrons. The summed E-state index contributed by atoms with van der Waals surface area (Å²) in [6.07, 6.45) is 1.93. The Morgan fingerprint density at radius 3 is 2.58 bits per heavy atom. The highest BCUT2D eigenvalue weighted by atomic mass is 32.2. The fourth-order valence-corrected chi connectivity index (χ4v) is 3.55. The molecule has 2 rings (SSSR count). The number of carbonyl (C=O) groups excluding carboxylic acids is 1. The molecule has 1 fully saturated rings. The summed E-state index contributed by atoms with van der Waals surface area (Å²) >= 11 is 0. The van der Waals surface area contributed by atoms with Crippen LogP contribution in [0, 0.1) is 6.92 Å². The second-order valence-corrected chi connectivity index (χ2v) is 7.89. The SMILES string of the molecule is Cc1ccc(S(=O)(=O)NC2CC2)cc1C(=O)NC(C)CCC(=O)O. The number of aryl methyl sites for hydroxylation is 1. The molecule has 1 amide bonds. The Morgan fingerprint density at radius 2 is 2.00 bits per heavy atom. The molecule has 0 bridgehead atoms. The van der Waals surface area contributed by atoms with E-state index in [1.807, 2.05) is 0 Å². The molecule has 0 heterocycles. The van der Waals surface area contributed by atoms with Crippen molar-refractivity contribution in [2.24, 2.45) is 0 Å². The lowest BCUT2D eigenvalue weighted by molar-refractivity contribution is -0.137. The first kappa shape index (κ1) is 18.4. The third kappa shape index (κ3) is 5.04. The van der Waals surface area contributed by atoms with Crippen molar-refractivity contribution in [1.82, 2.24) is 10.0 Å². The summed E-state index contributed by atoms with van der Waals surface area (Å²) in [7, 11) is -3.63. The van der Waals surface area contributed by atoms with Gasteiger partial charge in [-0.05, 0) is 50.8 Å². The van der Waals surface area contributed by atoms with Gasteiger partial charge in [0.2, 0.25) is 10.0 Å². The van der Waals surface area contributed by atoms with E-state index in [9.17, 15) is 18.0 Å². The molecule has 7 nitrogen and oxygen atoms in total. The van der Waals surface area contributed by atoms with Gasteiger partial charge in [0, 0.05) is 24.1 Å². The second kappa shape index (κ2) is 7.31. The molecule has 1 saturated carbocycles. The van der Waals surface area contributed by atoms with Crippen molar-refractivity contribution < 1.29 is 23.1 Å². The van der Waals surface area contributed by atoms with E-state index in [4.69, 9.17) is 5.11 Å². The number of carboxylic acids is 1. The summed E-state index contributed by atoms with van der Waals surface area (Å²) in [5.41, 5.74) is 0.930. The summed E-state index contributed by atoms with van der Waals surface area (Å²) in [5.74, 6) is -1.33. The largest absolute Gasteiger partial charge is 0.481 e. The first-order chi connectivity index (χ1) is 11.2. The molecule has 24 heavy (non-hydrogen) atoms. The third-order valence-electron chi connectivity index (χ3n) is 3.83. The number of benzene rings is 1. The Morgan fingerprint density at radius 1 is 1.33 bits per heavy atom. The Balaban J connectivity index is 2.12. The number of hydrogen-bond acceptors (Lipinski definition) is 4. The molecule has 1 atom stereocenters. The van der Waals surface area contributed by atoms with E-state index in [0.29, 0.717) is 12.0 Å². The van der Waals surface area contributed by atoms with Crippen LogP contribution >= 0.6 is 0 Å². The van der Waals surface area contributed by atoms with E-state index in [1.54, 1.807) is 19.9 Å². The summed E-state index contributed by atoms with van der Waals surface area (Å²) < 4.78 is 27.1. The minimum Gasteiger partial charge on any atom is -0.481 e. The fraction of sp³-hybridized carbons (Fsp3) is 0.500. The number of rotatable bonds is 8. The molecule has 3 N–H and O–H groups in total. The van der Waals surface area contributed by atoms with Gasteiger partial charge in [0.15, 0.2) is 0 Å². The van der Waals surface area contributed by atoms with Crippen LogP contribution in [0.5, 0.6) is 0 Å². The molecule has 8 heteroatoms. The van der Waals surface area contributed by atoms with Gasteiger partial charge in [-0.25, -0.2) is 13.1 Å². The maximum Gasteiger partial charge on any atom is 0.303 e. The van der Waals surface area contributed by atoms with Gasteiger partial charge < -0.3 is 10.4 Å². The minimum absolute atomic E-state index is 0.00961. The van der Waals surface area contributed by atoms with Crippen LogP contribution in [0.2, 0.25) is 0 Å². The first-order valence-electron chi connectivity index (χ1n) is 7.84. The van der Waals surface area contributed by atoms with Crippen LogP contribution in [0.4, 0.5) is 0 Å². The Bertz CT molecular complexity index is 741. The van der Waals surface area contributed by atoms with Crippen molar-refractivity contribution in [1.29, 1.82) is 0 Å². The normalized spacial score (nSPS) is 15.8. The molecule has 0 aliphatic heterocycles. The van der Waals surface area contributed by atoms with Crippen molar-refractivity contribution >= 4 is 21.9 Å². The lowest BCUT2D eigenvalue weighted by atomic mass is 10.1. The summed E-state index contributed by atoms with van der Waals surface area (Å²) in [6, 6.07) is 4.10. The maximum atomic E-state index is 12.4. The van der Waals surface area contributed by atoms with Gasteiger partial charge in [0.25, 0.3) is 5.91 Å². The molecular weight excluding hydrogens is 332 g/mol. The number of hydrogen-bond donors (Lipinski definition) is 3. The number of carbonyl (C=O) groups is 2. The van der Waals surface area contributed by atoms with Gasteiger partial charge in [-0.1, -0.05) is 6.07 Å². The van der Waals surface area contributed by atoms with Crippen LogP contribution in [0.3, 0.4) is 0 Å². The lowest BCUT2D eigenvalue weighted by Crippen LogP contribution is -2.33. The zero-order chi connectivity index (χ0) is 17.9. The summed E-state index contributed by atoms with van der Waals surface area (Å²) in [5, 5.41) is 11.4. The number of sulfonamides is 1. The smallest absolute Gasteiger partial charge is 0.303 e. The standard InChI is InChI=1S/C16H22N2O5S/c1-10-3-7-13(24(22,23)18-12-5-6-12)9-14(10)16(21)17-11(2)4-8-15(19)20/h3,7,9,11-12,18H,4-6,8H2,1-2H3,(H,17,21)(H,19,20). The van der Waals surface area contributed by atoms with Crippen molar-refractivity contribution in [3.05, 3.63) is 29.3 Å². The predicted octanol–water partition coefficient (Wildman–Crippen LogP) is 1.42. The predicted molar refractivity (Wildman–Crippen MR) is 88.3 cm³/mol. The van der Waals surface area contributed by atoms with Crippen LogP contribution in [0.15, 0.2) is 23.1 Å². The first-order valence-corrected chi connectivity index (χ1v) is 9.33. The van der Waals surface area contributed by atoms with Crippen molar-refractivity contribution in [2.75, 3.05) is 0 Å². The van der Waals surface area contributed by atoms with E-state index >= 15 is 0 Å². The Hall–Kier alpha value is -1.93. The quantitative estimate of drug-likeness (QED) is 0.653. The third-order valence-corrected chi connectivity index (χ3v) is 5.35. The highest BCUT2D eigenvalue weighted by molar-refractivity contribution is 7.89. The lowest BCUT2D eigenvalue weighted by Gasteiger charge is -2.15. The molecule has 0 spiro atoms. The average Bonchev–Trinajstić information content (AvgIpc) is 3.28. The molecule has 1 aromatic rings. The average molecular weight is 354 g/mol. The molecule has 1 aromatic carbocycles. The van der Waals surface area contributed by atoms with Gasteiger partial charge in [-0.2, -0.15) is 0 Å². The zero-order valence-corrected chi connectivity index (χ0v) is 14.5. The van der Waals surface area contributed by atoms with Gasteiger partial charge >= 0.3 is 5.97 Å². The fourth-order valence-electron chi connectivity index (χ4n) is 2.22. The molecule has 1 aliphatic carbocycles. The van der Waals surface area contributed by atoms with Crippen LogP contribution < -0.4 is 10.0 Å². The topological polar surface area (TPSA) is 113 Å². The summed E-state index contributed by atoms with van der Waals surface area (Å²) in [4.78, 5) is 23.0. The van der Waals surface area contributed by atoms with Crippen LogP contribution in [0.1, 0.15) is 48.5 Å². The van der Waals surface area contributed by atoms with E-state index in [2.05, 4.69) is 10.0 Å². The van der Waals surface area contributed by atoms with Crippen molar-refractivity contribution in [2.45, 2.75) is 56.5 Å². The minimum atomic E-state index is -3.63. The van der Waals surface area contributed by atoms with Crippen molar-refractivity contribution in [3.63, 3.8) is 0 Å². The maximum absolute atomic E-state index is 12.4. The van der Waals surface area contributed by atoms with E-state index in [0.717, 1.165) is 12.8 Å². The zero-order valence-electron chi connectivity index (χ0n) is 13.7. The second-order valence-electron chi connectivity index (χ2n) is 6.18. The van der Waals surface area contributed by atoms with Crippen LogP contribution in [-0.4, -0.2) is 37.5 Å². The van der Waals surface area contributed by atoms with Gasteiger partial charge in [0.05, 0.1) is 4.90 Å². The number of aliphatic carboxylic acids is 1. The molecule has 132 valence electrons. The molecule has 1 unspecified atom stereocenters. The van der Waals surface area contributed by atoms with Gasteiger partial charge in [-0.3, -0.25) is 9.59 Å². The molecular formula is C16H22N2O5S. The molecule has 1 aliphatic rings. The highest BCUT2D eigenvalue weighted by Crippen LogP contribution is 2.23. The van der Waals surface area contributed by atoms with E-state index in [-0.39, 0.29) is 29.0 Å². The van der Waals surface area contributed by atoms with Crippen LogP contribution in [0.25, 0.3) is 0 Å². The van der Waals surface area contributed by atoms with E-state index < -0.39 is 21.9 Å². The number of nitrogens with one attached hydrogen (secondary N) is 2. The van der Waals surface area contributed by atoms with Gasteiger partial charge in [-0.15, -0.1) is 0 Å². The monoisotopic (exact) mass is 354 g/mol. The Labute approximate surface area is 141 Å².